The second kappa shape index (κ2) is 18.1. The molecular formula is C69H64. The van der Waals surface area contributed by atoms with E-state index in [9.17, 15) is 0 Å². The lowest BCUT2D eigenvalue weighted by Crippen LogP contribution is -2.34. The Morgan fingerprint density at radius 1 is 0.638 bits per heavy atom. The Kier molecular flexibility index (Phi) is 11.2. The number of hydrogen-bond acceptors (Lipinski definition) is 0. The van der Waals surface area contributed by atoms with Crippen LogP contribution in [-0.2, 0) is 6.42 Å². The molecule has 0 spiro atoms. The molecule has 1 fully saturated rings. The lowest BCUT2D eigenvalue weighted by Gasteiger charge is -2.45. The molecule has 5 aromatic carbocycles. The maximum absolute atomic E-state index is 4.16. The quantitative estimate of drug-likeness (QED) is 0.0949. The van der Waals surface area contributed by atoms with Gasteiger partial charge in [0, 0.05) is 5.92 Å². The van der Waals surface area contributed by atoms with Crippen molar-refractivity contribution in [1.29, 1.82) is 0 Å². The van der Waals surface area contributed by atoms with Crippen molar-refractivity contribution in [1.82, 2.24) is 0 Å². The van der Waals surface area contributed by atoms with E-state index in [1.165, 1.54) is 137 Å². The van der Waals surface area contributed by atoms with Gasteiger partial charge in [0.15, 0.2) is 0 Å². The van der Waals surface area contributed by atoms with Crippen LogP contribution in [0.5, 0.6) is 0 Å². The third-order valence-electron chi connectivity index (χ3n) is 17.8. The van der Waals surface area contributed by atoms with Crippen molar-refractivity contribution in [3.05, 3.63) is 250 Å². The van der Waals surface area contributed by atoms with Crippen molar-refractivity contribution in [2.75, 3.05) is 0 Å². The normalized spacial score (nSPS) is 25.4. The highest BCUT2D eigenvalue weighted by atomic mass is 14.5. The molecule has 0 bridgehead atoms. The van der Waals surface area contributed by atoms with Gasteiger partial charge in [-0.1, -0.05) is 188 Å². The number of aryl methyl sites for hydroxylation is 1. The molecular weight excluding hydrogens is 829 g/mol. The predicted octanol–water partition coefficient (Wildman–Crippen LogP) is 18.2. The minimum atomic E-state index is 0.415. The van der Waals surface area contributed by atoms with Crippen molar-refractivity contribution in [3.8, 4) is 22.3 Å². The number of hydrogen-bond donors (Lipinski definition) is 0. The van der Waals surface area contributed by atoms with E-state index in [-0.39, 0.29) is 0 Å². The van der Waals surface area contributed by atoms with Crippen LogP contribution in [0.1, 0.15) is 99.3 Å². The molecule has 5 unspecified atom stereocenters. The zero-order chi connectivity index (χ0) is 45.8. The molecule has 8 aliphatic carbocycles. The van der Waals surface area contributed by atoms with Crippen molar-refractivity contribution >= 4 is 21.9 Å². The van der Waals surface area contributed by atoms with Crippen molar-refractivity contribution in [3.63, 3.8) is 0 Å². The zero-order valence-electron chi connectivity index (χ0n) is 40.2. The first-order chi connectivity index (χ1) is 34.2. The summed E-state index contributed by atoms with van der Waals surface area (Å²) in [5.74, 6) is 3.74. The van der Waals surface area contributed by atoms with Crippen LogP contribution in [0.25, 0.3) is 44.2 Å². The van der Waals surface area contributed by atoms with Gasteiger partial charge in [-0.3, -0.25) is 0 Å². The van der Waals surface area contributed by atoms with Crippen LogP contribution in [0.3, 0.4) is 0 Å². The summed E-state index contributed by atoms with van der Waals surface area (Å²) in [5.41, 5.74) is 25.7. The Balaban J connectivity index is 0.895. The molecule has 1 saturated carbocycles. The number of fused-ring (bicyclic) bond motifs is 5. The topological polar surface area (TPSA) is 0 Å². The molecule has 0 N–H and O–H groups in total. The van der Waals surface area contributed by atoms with Crippen LogP contribution in [0.15, 0.2) is 228 Å². The molecule has 0 heterocycles. The molecule has 5 atom stereocenters. The van der Waals surface area contributed by atoms with E-state index in [1.54, 1.807) is 39.0 Å². The van der Waals surface area contributed by atoms with E-state index in [0.29, 0.717) is 29.6 Å². The number of benzene rings is 5. The summed E-state index contributed by atoms with van der Waals surface area (Å²) < 4.78 is 0. The lowest BCUT2D eigenvalue weighted by atomic mass is 9.59. The zero-order valence-corrected chi connectivity index (χ0v) is 40.2. The Labute approximate surface area is 411 Å². The first-order valence-corrected chi connectivity index (χ1v) is 26.6. The summed E-state index contributed by atoms with van der Waals surface area (Å²) in [7, 11) is 0. The molecule has 0 radical (unpaired) electrons. The van der Waals surface area contributed by atoms with Gasteiger partial charge in [-0.05, 0) is 219 Å². The highest BCUT2D eigenvalue weighted by Gasteiger charge is 2.43. The molecule has 69 heavy (non-hydrogen) atoms. The summed E-state index contributed by atoms with van der Waals surface area (Å²) in [6.07, 6.45) is 44.5. The minimum Gasteiger partial charge on any atom is -0.0991 e. The van der Waals surface area contributed by atoms with Crippen LogP contribution in [-0.4, -0.2) is 0 Å². The standard InChI is InChI=1S/C69H64/c1-2-19-45(46-20-6-3-7-21-46)34-37-53-44-63-57-29-15-14-28-56(57)58-32-18-33-62(69(58)63)68(53)65(47-22-8-4-9-23-47)55-41-51-36-35-50(40-54(51)42-55)52-38-39-61-64(43-52)67(49-24-10-5-11-25-49)60-31-17-16-30-59(60)66(61)48-26-12-13-27-48/h2-10,12-16,18-23,26-30,32-33,35,43-44,48-49,51,54,60,67H,1,11,17,24-25,31,34,36-42H2. The van der Waals surface area contributed by atoms with E-state index in [1.807, 2.05) is 6.08 Å². The van der Waals surface area contributed by atoms with Gasteiger partial charge in [-0.15, -0.1) is 0 Å². The van der Waals surface area contributed by atoms with Gasteiger partial charge in [0.25, 0.3) is 0 Å². The second-order valence-corrected chi connectivity index (χ2v) is 21.4. The molecule has 0 aliphatic heterocycles. The highest BCUT2D eigenvalue weighted by molar-refractivity contribution is 6.18. The van der Waals surface area contributed by atoms with Gasteiger partial charge in [0.1, 0.15) is 0 Å². The first-order valence-electron chi connectivity index (χ1n) is 26.6. The highest BCUT2D eigenvalue weighted by Crippen LogP contribution is 2.57. The molecule has 0 amide bonds. The summed E-state index contributed by atoms with van der Waals surface area (Å²) in [6.45, 7) is 4.16. The average Bonchev–Trinajstić information content (AvgIpc) is 4.17. The molecule has 0 saturated heterocycles. The third-order valence-corrected chi connectivity index (χ3v) is 17.8. The van der Waals surface area contributed by atoms with Crippen molar-refractivity contribution in [2.45, 2.75) is 83.5 Å². The molecule has 5 aromatic rings. The fourth-order valence-corrected chi connectivity index (χ4v) is 14.8. The predicted molar refractivity (Wildman–Crippen MR) is 292 cm³/mol. The smallest absolute Gasteiger partial charge is 0.0210 e. The van der Waals surface area contributed by atoms with E-state index in [0.717, 1.165) is 18.8 Å². The van der Waals surface area contributed by atoms with E-state index < -0.39 is 0 Å². The maximum Gasteiger partial charge on any atom is 0.0210 e. The van der Waals surface area contributed by atoms with Crippen LogP contribution in [0.4, 0.5) is 0 Å². The molecule has 340 valence electrons. The maximum atomic E-state index is 4.16. The van der Waals surface area contributed by atoms with Crippen LogP contribution in [0.2, 0.25) is 0 Å². The third kappa shape index (κ3) is 7.49. The fraction of sp³-hybridized carbons (Fsp3) is 0.275. The van der Waals surface area contributed by atoms with E-state index >= 15 is 0 Å². The minimum absolute atomic E-state index is 0.415. The van der Waals surface area contributed by atoms with Crippen LogP contribution in [0, 0.1) is 35.5 Å². The molecule has 0 heteroatoms. The van der Waals surface area contributed by atoms with Gasteiger partial charge in [-0.25, -0.2) is 0 Å². The van der Waals surface area contributed by atoms with Gasteiger partial charge in [0.2, 0.25) is 0 Å². The van der Waals surface area contributed by atoms with Gasteiger partial charge < -0.3 is 0 Å². The Bertz CT molecular complexity index is 3200. The Morgan fingerprint density at radius 3 is 2.19 bits per heavy atom. The summed E-state index contributed by atoms with van der Waals surface area (Å²) >= 11 is 0. The average molecular weight is 893 g/mol. The lowest BCUT2D eigenvalue weighted by molar-refractivity contribution is 0.261. The van der Waals surface area contributed by atoms with E-state index in [2.05, 4.69) is 183 Å². The monoisotopic (exact) mass is 893 g/mol. The summed E-state index contributed by atoms with van der Waals surface area (Å²) in [5, 5.41) is 2.83. The molecule has 8 aliphatic rings. The number of rotatable bonds is 10. The fourth-order valence-electron chi connectivity index (χ4n) is 14.8. The van der Waals surface area contributed by atoms with Gasteiger partial charge in [-0.2, -0.15) is 0 Å². The van der Waals surface area contributed by atoms with Crippen LogP contribution >= 0.6 is 0 Å². The largest absolute Gasteiger partial charge is 0.0991 e. The Morgan fingerprint density at radius 2 is 1.39 bits per heavy atom. The number of allylic oxidation sites excluding steroid dienone is 20. The second-order valence-electron chi connectivity index (χ2n) is 21.4. The first kappa shape index (κ1) is 42.6. The molecule has 0 aromatic heterocycles. The summed E-state index contributed by atoms with van der Waals surface area (Å²) in [6, 6.07) is 41.3. The van der Waals surface area contributed by atoms with Crippen molar-refractivity contribution in [2.24, 2.45) is 35.5 Å². The Hall–Kier alpha value is -6.50. The molecule has 0 nitrogen and oxygen atoms in total. The van der Waals surface area contributed by atoms with Gasteiger partial charge in [0.05, 0.1) is 0 Å². The SMILES string of the molecule is C=CC=C(CCc1cc2c3c(cccc3c1C(=C1CC3CC=C(C4=CC5=C(CC4)C(C4C=CC=C4)=C4C=CCCC4C5C4CC=CCC4)CC3C1)c1ccccc1)-c1ccccc1-2)c1ccccc1. The summed E-state index contributed by atoms with van der Waals surface area (Å²) in [4.78, 5) is 0. The molecule has 13 rings (SSSR count). The van der Waals surface area contributed by atoms with Crippen molar-refractivity contribution < 1.29 is 0 Å². The van der Waals surface area contributed by atoms with E-state index in [4.69, 9.17) is 0 Å². The van der Waals surface area contributed by atoms with Gasteiger partial charge >= 0.3 is 0 Å². The van der Waals surface area contributed by atoms with Crippen LogP contribution < -0.4 is 0 Å².